The van der Waals surface area contributed by atoms with Crippen LogP contribution in [0.2, 0.25) is 5.02 Å². The molecule has 1 aliphatic heterocycles. The van der Waals surface area contributed by atoms with Gasteiger partial charge in [0.1, 0.15) is 5.75 Å². The number of benzene rings is 3. The lowest BCUT2D eigenvalue weighted by molar-refractivity contribution is 0.409. The fourth-order valence-electron chi connectivity index (χ4n) is 3.61. The molecule has 2 heterocycles. The van der Waals surface area contributed by atoms with Crippen LogP contribution < -0.4 is 10.5 Å². The van der Waals surface area contributed by atoms with Crippen molar-refractivity contribution in [2.45, 2.75) is 5.92 Å². The highest BCUT2D eigenvalue weighted by Crippen LogP contribution is 2.49. The highest BCUT2D eigenvalue weighted by Gasteiger charge is 2.35. The first-order valence-corrected chi connectivity index (χ1v) is 8.79. The van der Waals surface area contributed by atoms with Crippen LogP contribution in [0, 0.1) is 0 Å². The van der Waals surface area contributed by atoms with Crippen molar-refractivity contribution < 1.29 is 4.74 Å². The number of aromatic nitrogens is 4. The van der Waals surface area contributed by atoms with Gasteiger partial charge in [0.05, 0.1) is 5.57 Å². The van der Waals surface area contributed by atoms with Crippen molar-refractivity contribution in [2.75, 3.05) is 0 Å². The molecule has 0 aliphatic carbocycles. The minimum atomic E-state index is -0.273. The van der Waals surface area contributed by atoms with Gasteiger partial charge in [-0.1, -0.05) is 66.2 Å². The van der Waals surface area contributed by atoms with E-state index >= 15 is 0 Å². The van der Waals surface area contributed by atoms with E-state index in [1.807, 2.05) is 54.6 Å². The SMILES string of the molecule is NC1=C(c2nn[nH]n2)C(c2ccccc2Cl)c2ccc3ccccc3c2O1. The van der Waals surface area contributed by atoms with Crippen LogP contribution in [0.4, 0.5) is 0 Å². The Kier molecular flexibility index (Phi) is 3.58. The van der Waals surface area contributed by atoms with Crippen LogP contribution in [0.5, 0.6) is 5.75 Å². The summed E-state index contributed by atoms with van der Waals surface area (Å²) in [6.45, 7) is 0. The third kappa shape index (κ3) is 2.45. The second-order valence-corrected chi connectivity index (χ2v) is 6.68. The number of nitrogens with zero attached hydrogens (tertiary/aromatic N) is 3. The first-order valence-electron chi connectivity index (χ1n) is 8.41. The highest BCUT2D eigenvalue weighted by molar-refractivity contribution is 6.31. The van der Waals surface area contributed by atoms with Crippen LogP contribution in [0.1, 0.15) is 22.9 Å². The van der Waals surface area contributed by atoms with E-state index in [2.05, 4.69) is 26.7 Å². The number of rotatable bonds is 2. The molecule has 1 aliphatic rings. The number of hydrogen-bond donors (Lipinski definition) is 2. The molecule has 0 fully saturated rings. The number of nitrogens with two attached hydrogens (primary N) is 1. The van der Waals surface area contributed by atoms with Gasteiger partial charge >= 0.3 is 0 Å². The predicted octanol–water partition coefficient (Wildman–Crippen LogP) is 3.86. The summed E-state index contributed by atoms with van der Waals surface area (Å²) in [5.41, 5.74) is 8.84. The van der Waals surface area contributed by atoms with E-state index in [1.165, 1.54) is 0 Å². The summed E-state index contributed by atoms with van der Waals surface area (Å²) in [7, 11) is 0. The van der Waals surface area contributed by atoms with Gasteiger partial charge in [0.15, 0.2) is 5.88 Å². The highest BCUT2D eigenvalue weighted by atomic mass is 35.5. The normalized spacial score (nSPS) is 16.3. The Labute approximate surface area is 159 Å². The van der Waals surface area contributed by atoms with Gasteiger partial charge in [-0.05, 0) is 22.2 Å². The van der Waals surface area contributed by atoms with E-state index in [-0.39, 0.29) is 11.8 Å². The quantitative estimate of drug-likeness (QED) is 0.555. The smallest absolute Gasteiger partial charge is 0.206 e. The van der Waals surface area contributed by atoms with Crippen molar-refractivity contribution >= 4 is 27.9 Å². The molecule has 132 valence electrons. The van der Waals surface area contributed by atoms with Crippen LogP contribution in [0.15, 0.2) is 66.5 Å². The van der Waals surface area contributed by atoms with Gasteiger partial charge in [-0.25, -0.2) is 0 Å². The largest absolute Gasteiger partial charge is 0.440 e. The Balaban J connectivity index is 1.84. The maximum absolute atomic E-state index is 6.55. The van der Waals surface area contributed by atoms with Crippen molar-refractivity contribution in [2.24, 2.45) is 5.73 Å². The third-order valence-corrected chi connectivity index (χ3v) is 5.13. The number of allylic oxidation sites excluding steroid dienone is 1. The standard InChI is InChI=1S/C20H14ClN5O/c21-15-8-4-3-7-13(15)16-14-10-9-11-5-1-2-6-12(11)18(14)27-19(22)17(16)20-23-25-26-24-20/h1-10,16H,22H2,(H,23,24,25,26). The lowest BCUT2D eigenvalue weighted by Crippen LogP contribution is -2.22. The van der Waals surface area contributed by atoms with Gasteiger partial charge in [0, 0.05) is 21.9 Å². The summed E-state index contributed by atoms with van der Waals surface area (Å²) in [6.07, 6.45) is 0. The second kappa shape index (κ2) is 6.10. The Bertz CT molecular complexity index is 1190. The number of H-pyrrole nitrogens is 1. The Morgan fingerprint density at radius 1 is 0.963 bits per heavy atom. The zero-order valence-corrected chi connectivity index (χ0v) is 14.8. The van der Waals surface area contributed by atoms with Gasteiger partial charge in [-0.15, -0.1) is 10.2 Å². The summed E-state index contributed by atoms with van der Waals surface area (Å²) in [6, 6.07) is 19.8. The molecule has 3 N–H and O–H groups in total. The maximum atomic E-state index is 6.55. The van der Waals surface area contributed by atoms with E-state index in [4.69, 9.17) is 22.1 Å². The molecule has 0 saturated heterocycles. The first-order chi connectivity index (χ1) is 13.2. The summed E-state index contributed by atoms with van der Waals surface area (Å²) in [5.74, 6) is 1.08. The molecule has 27 heavy (non-hydrogen) atoms. The van der Waals surface area contributed by atoms with Crippen LogP contribution in [0.3, 0.4) is 0 Å². The van der Waals surface area contributed by atoms with Gasteiger partial charge in [-0.2, -0.15) is 5.21 Å². The van der Waals surface area contributed by atoms with Gasteiger partial charge in [0.2, 0.25) is 5.82 Å². The van der Waals surface area contributed by atoms with E-state index in [9.17, 15) is 0 Å². The Hall–Kier alpha value is -3.38. The summed E-state index contributed by atoms with van der Waals surface area (Å²) < 4.78 is 6.07. The lowest BCUT2D eigenvalue weighted by Gasteiger charge is -2.29. The van der Waals surface area contributed by atoms with Crippen molar-refractivity contribution in [3.8, 4) is 5.75 Å². The van der Waals surface area contributed by atoms with Crippen molar-refractivity contribution in [1.29, 1.82) is 0 Å². The van der Waals surface area contributed by atoms with E-state index in [1.54, 1.807) is 0 Å². The molecule has 1 atom stereocenters. The van der Waals surface area contributed by atoms with Crippen LogP contribution in [-0.2, 0) is 0 Å². The zero-order chi connectivity index (χ0) is 18.4. The molecule has 7 heteroatoms. The summed E-state index contributed by atoms with van der Waals surface area (Å²) in [5, 5.41) is 17.1. The third-order valence-electron chi connectivity index (χ3n) is 4.79. The average Bonchev–Trinajstić information content (AvgIpc) is 3.22. The van der Waals surface area contributed by atoms with Crippen LogP contribution in [0.25, 0.3) is 16.3 Å². The molecule has 4 aromatic rings. The number of nitrogens with one attached hydrogen (secondary N) is 1. The zero-order valence-electron chi connectivity index (χ0n) is 14.1. The molecule has 0 bridgehead atoms. The first kappa shape index (κ1) is 15.8. The van der Waals surface area contributed by atoms with Gasteiger partial charge in [-0.3, -0.25) is 0 Å². The molecule has 6 nitrogen and oxygen atoms in total. The molecular formula is C20H14ClN5O. The van der Waals surface area contributed by atoms with Crippen molar-refractivity contribution in [3.05, 3.63) is 88.5 Å². The number of fused-ring (bicyclic) bond motifs is 3. The topological polar surface area (TPSA) is 89.7 Å². The molecule has 0 spiro atoms. The molecule has 5 rings (SSSR count). The van der Waals surface area contributed by atoms with E-state index in [0.717, 1.165) is 27.6 Å². The number of tetrazole rings is 1. The molecule has 0 saturated carbocycles. The Morgan fingerprint density at radius 2 is 1.78 bits per heavy atom. The summed E-state index contributed by atoms with van der Waals surface area (Å²) >= 11 is 6.55. The molecule has 1 unspecified atom stereocenters. The van der Waals surface area contributed by atoms with Crippen LogP contribution in [-0.4, -0.2) is 20.6 Å². The van der Waals surface area contributed by atoms with Crippen molar-refractivity contribution in [3.63, 3.8) is 0 Å². The fourth-order valence-corrected chi connectivity index (χ4v) is 3.86. The number of ether oxygens (including phenoxy) is 1. The monoisotopic (exact) mass is 375 g/mol. The lowest BCUT2D eigenvalue weighted by atomic mass is 9.81. The molecule has 0 radical (unpaired) electrons. The van der Waals surface area contributed by atoms with E-state index in [0.29, 0.717) is 16.4 Å². The second-order valence-electron chi connectivity index (χ2n) is 6.27. The molecule has 0 amide bonds. The fraction of sp³-hybridized carbons (Fsp3) is 0.0500. The number of hydrogen-bond acceptors (Lipinski definition) is 5. The summed E-state index contributed by atoms with van der Waals surface area (Å²) in [4.78, 5) is 0. The minimum absolute atomic E-state index is 0.241. The molecule has 3 aromatic carbocycles. The van der Waals surface area contributed by atoms with Crippen LogP contribution >= 0.6 is 11.6 Å². The predicted molar refractivity (Wildman–Crippen MR) is 103 cm³/mol. The number of halogens is 1. The van der Waals surface area contributed by atoms with E-state index < -0.39 is 0 Å². The van der Waals surface area contributed by atoms with Gasteiger partial charge < -0.3 is 10.5 Å². The number of aromatic amines is 1. The Morgan fingerprint density at radius 3 is 2.59 bits per heavy atom. The van der Waals surface area contributed by atoms with Crippen molar-refractivity contribution in [1.82, 2.24) is 20.6 Å². The minimum Gasteiger partial charge on any atom is -0.440 e. The molecular weight excluding hydrogens is 362 g/mol. The molecule has 1 aromatic heterocycles. The maximum Gasteiger partial charge on any atom is 0.206 e. The average molecular weight is 376 g/mol. The van der Waals surface area contributed by atoms with Gasteiger partial charge in [0.25, 0.3) is 0 Å².